The Balaban J connectivity index is 1.50. The second-order valence-corrected chi connectivity index (χ2v) is 11.1. The van der Waals surface area contributed by atoms with E-state index in [-0.39, 0.29) is 17.6 Å². The lowest BCUT2D eigenvalue weighted by molar-refractivity contribution is 0.102. The number of fused-ring (bicyclic) bond motifs is 2. The maximum atomic E-state index is 12.9. The Morgan fingerprint density at radius 2 is 1.97 bits per heavy atom. The van der Waals surface area contributed by atoms with Crippen LogP contribution < -0.4 is 11.1 Å². The zero-order valence-corrected chi connectivity index (χ0v) is 19.6. The van der Waals surface area contributed by atoms with Crippen LogP contribution in [0.5, 0.6) is 0 Å². The zero-order valence-electron chi connectivity index (χ0n) is 17.9. The molecule has 2 aromatic heterocycles. The smallest absolute Gasteiger partial charge is 0.274 e. The Morgan fingerprint density at radius 1 is 1.18 bits per heavy atom. The highest BCUT2D eigenvalue weighted by Crippen LogP contribution is 2.40. The van der Waals surface area contributed by atoms with Gasteiger partial charge >= 0.3 is 0 Å². The summed E-state index contributed by atoms with van der Waals surface area (Å²) in [5.74, 6) is -0.567. The molecule has 168 valence electrons. The molecule has 8 nitrogen and oxygen atoms in total. The highest BCUT2D eigenvalue weighted by molar-refractivity contribution is 7.89. The van der Waals surface area contributed by atoms with Crippen molar-refractivity contribution in [1.29, 1.82) is 0 Å². The first-order valence-electron chi connectivity index (χ1n) is 10.2. The van der Waals surface area contributed by atoms with Gasteiger partial charge in [-0.15, -0.1) is 11.3 Å². The molecule has 1 aliphatic rings. The number of amides is 1. The van der Waals surface area contributed by atoms with Crippen molar-refractivity contribution in [3.05, 3.63) is 71.2 Å². The molecule has 4 aromatic rings. The van der Waals surface area contributed by atoms with Crippen LogP contribution in [0.25, 0.3) is 21.0 Å². The van der Waals surface area contributed by atoms with Crippen molar-refractivity contribution in [3.8, 4) is 0 Å². The lowest BCUT2D eigenvalue weighted by Crippen LogP contribution is -2.50. The van der Waals surface area contributed by atoms with E-state index in [0.29, 0.717) is 11.4 Å². The number of aliphatic imine (C=N–C) groups is 1. The quantitative estimate of drug-likeness (QED) is 0.466. The molecule has 10 heteroatoms. The van der Waals surface area contributed by atoms with Crippen molar-refractivity contribution in [3.63, 3.8) is 0 Å². The van der Waals surface area contributed by atoms with Crippen molar-refractivity contribution in [1.82, 2.24) is 9.29 Å². The molecule has 3 heterocycles. The Labute approximate surface area is 194 Å². The van der Waals surface area contributed by atoms with Gasteiger partial charge in [0.2, 0.25) is 16.0 Å². The highest BCUT2D eigenvalue weighted by atomic mass is 32.2. The minimum Gasteiger partial charge on any atom is -0.369 e. The summed E-state index contributed by atoms with van der Waals surface area (Å²) in [6, 6.07) is 16.7. The summed E-state index contributed by atoms with van der Waals surface area (Å²) in [5, 5.41) is 6.58. The number of benzene rings is 2. The molecule has 0 radical (unpaired) electrons. The van der Waals surface area contributed by atoms with E-state index in [2.05, 4.69) is 15.3 Å². The van der Waals surface area contributed by atoms with E-state index < -0.39 is 15.6 Å². The maximum Gasteiger partial charge on any atom is 0.274 e. The van der Waals surface area contributed by atoms with Gasteiger partial charge in [0, 0.05) is 28.2 Å². The molecule has 2 aromatic carbocycles. The molecule has 0 fully saturated rings. The molecular weight excluding hydrogens is 458 g/mol. The first kappa shape index (κ1) is 21.4. The molecule has 1 atom stereocenters. The summed E-state index contributed by atoms with van der Waals surface area (Å²) in [7, 11) is -2.20. The first-order valence-corrected chi connectivity index (χ1v) is 12.7. The monoisotopic (exact) mass is 479 g/mol. The van der Waals surface area contributed by atoms with E-state index in [1.165, 1.54) is 18.4 Å². The van der Waals surface area contributed by atoms with Gasteiger partial charge < -0.3 is 11.1 Å². The number of aromatic nitrogens is 1. The molecular formula is C23H21N5O3S2. The zero-order chi connectivity index (χ0) is 23.4. The molecule has 0 spiro atoms. The van der Waals surface area contributed by atoms with Crippen LogP contribution in [0, 0.1) is 0 Å². The van der Waals surface area contributed by atoms with Crippen LogP contribution in [0.3, 0.4) is 0 Å². The van der Waals surface area contributed by atoms with Gasteiger partial charge in [0.05, 0.1) is 11.3 Å². The third kappa shape index (κ3) is 3.70. The van der Waals surface area contributed by atoms with Crippen LogP contribution in [0.4, 0.5) is 5.69 Å². The lowest BCUT2D eigenvalue weighted by atomic mass is 9.94. The SMILES string of the molecule is CN1C(N)=NC(C)(c2csc3ccc(NC(=O)c4ccc5ccccc5n4)cc23)CS1(=O)=O. The first-order chi connectivity index (χ1) is 15.7. The number of pyridine rings is 1. The molecule has 5 rings (SSSR count). The van der Waals surface area contributed by atoms with Gasteiger partial charge in [-0.1, -0.05) is 24.3 Å². The van der Waals surface area contributed by atoms with E-state index >= 15 is 0 Å². The van der Waals surface area contributed by atoms with Crippen LogP contribution in [0.2, 0.25) is 0 Å². The Kier molecular flexibility index (Phi) is 4.87. The van der Waals surface area contributed by atoms with Gasteiger partial charge in [0.1, 0.15) is 11.2 Å². The second kappa shape index (κ2) is 7.53. The number of para-hydroxylation sites is 1. The summed E-state index contributed by atoms with van der Waals surface area (Å²) in [6.07, 6.45) is 0. The summed E-state index contributed by atoms with van der Waals surface area (Å²) >= 11 is 1.49. The molecule has 0 saturated heterocycles. The van der Waals surface area contributed by atoms with Crippen molar-refractivity contribution in [2.45, 2.75) is 12.5 Å². The third-order valence-electron chi connectivity index (χ3n) is 5.81. The fourth-order valence-electron chi connectivity index (χ4n) is 4.00. The number of carbonyl (C=O) groups is 1. The number of nitrogens with zero attached hydrogens (tertiary/aromatic N) is 3. The van der Waals surface area contributed by atoms with E-state index in [4.69, 9.17) is 5.73 Å². The van der Waals surface area contributed by atoms with Gasteiger partial charge in [0.15, 0.2) is 0 Å². The number of hydrogen-bond acceptors (Lipinski definition) is 7. The summed E-state index contributed by atoms with van der Waals surface area (Å²) in [6.45, 7) is 1.76. The minimum absolute atomic E-state index is 0.0464. The van der Waals surface area contributed by atoms with Crippen LogP contribution >= 0.6 is 11.3 Å². The van der Waals surface area contributed by atoms with Crippen LogP contribution in [0.15, 0.2) is 65.0 Å². The average Bonchev–Trinajstić information content (AvgIpc) is 3.21. The number of rotatable bonds is 3. The standard InChI is InChI=1S/C23H21N5O3S2/c1-23(13-33(30,31)28(2)22(24)27-23)17-12-32-20-10-8-15(11-16(17)20)25-21(29)19-9-7-14-5-3-4-6-18(14)26-19/h3-12H,13H2,1-2H3,(H2,24,27)(H,25,29). The van der Waals surface area contributed by atoms with Gasteiger partial charge in [-0.05, 0) is 48.2 Å². The molecule has 0 aliphatic carbocycles. The summed E-state index contributed by atoms with van der Waals surface area (Å²) in [5.41, 5.74) is 7.27. The fraction of sp³-hybridized carbons (Fsp3) is 0.174. The van der Waals surface area contributed by atoms with Crippen molar-refractivity contribution in [2.24, 2.45) is 10.7 Å². The molecule has 0 bridgehead atoms. The van der Waals surface area contributed by atoms with Crippen LogP contribution in [0.1, 0.15) is 23.0 Å². The topological polar surface area (TPSA) is 118 Å². The van der Waals surface area contributed by atoms with Crippen LogP contribution in [-0.4, -0.2) is 42.4 Å². The number of carbonyl (C=O) groups excluding carboxylic acids is 1. The van der Waals surface area contributed by atoms with Gasteiger partial charge in [-0.3, -0.25) is 4.79 Å². The average molecular weight is 480 g/mol. The number of guanidine groups is 1. The molecule has 1 aliphatic heterocycles. The molecule has 1 unspecified atom stereocenters. The van der Waals surface area contributed by atoms with Gasteiger partial charge in [-0.2, -0.15) is 0 Å². The normalized spacial score (nSPS) is 20.1. The number of hydrogen-bond donors (Lipinski definition) is 2. The van der Waals surface area contributed by atoms with E-state index in [9.17, 15) is 13.2 Å². The number of thiophene rings is 1. The second-order valence-electron chi connectivity index (χ2n) is 8.17. The van der Waals surface area contributed by atoms with Crippen molar-refractivity contribution >= 4 is 59.9 Å². The van der Waals surface area contributed by atoms with Crippen molar-refractivity contribution in [2.75, 3.05) is 18.1 Å². The van der Waals surface area contributed by atoms with E-state index in [0.717, 1.165) is 30.9 Å². The van der Waals surface area contributed by atoms with Gasteiger partial charge in [0.25, 0.3) is 5.91 Å². The highest BCUT2D eigenvalue weighted by Gasteiger charge is 2.41. The molecule has 0 saturated carbocycles. The number of nitrogens with one attached hydrogen (secondary N) is 1. The van der Waals surface area contributed by atoms with E-state index in [1.54, 1.807) is 13.0 Å². The Bertz CT molecular complexity index is 1560. The van der Waals surface area contributed by atoms with Gasteiger partial charge in [-0.25, -0.2) is 22.7 Å². The molecule has 33 heavy (non-hydrogen) atoms. The largest absolute Gasteiger partial charge is 0.369 e. The minimum atomic E-state index is -3.59. The molecule has 1 amide bonds. The summed E-state index contributed by atoms with van der Waals surface area (Å²) in [4.78, 5) is 21.8. The third-order valence-corrected chi connectivity index (χ3v) is 8.72. The molecule has 3 N–H and O–H groups in total. The Hall–Kier alpha value is -3.50. The number of anilines is 1. The number of nitrogens with two attached hydrogens (primary N) is 1. The summed E-state index contributed by atoms with van der Waals surface area (Å²) < 4.78 is 27.2. The fourth-order valence-corrected chi connectivity index (χ4v) is 6.52. The predicted molar refractivity (Wildman–Crippen MR) is 132 cm³/mol. The number of sulfonamides is 1. The predicted octanol–water partition coefficient (Wildman–Crippen LogP) is 3.51. The maximum absolute atomic E-state index is 12.9. The van der Waals surface area contributed by atoms with E-state index in [1.807, 2.05) is 53.9 Å². The Morgan fingerprint density at radius 3 is 2.76 bits per heavy atom. The van der Waals surface area contributed by atoms with Crippen molar-refractivity contribution < 1.29 is 13.2 Å². The van der Waals surface area contributed by atoms with Crippen LogP contribution in [-0.2, 0) is 15.6 Å². The lowest BCUT2D eigenvalue weighted by Gasteiger charge is -2.34.